The van der Waals surface area contributed by atoms with Crippen LogP contribution in [0.25, 0.3) is 0 Å². The molecule has 138 valence electrons. The van der Waals surface area contributed by atoms with Crippen molar-refractivity contribution in [2.45, 2.75) is 13.8 Å². The average Bonchev–Trinajstić information content (AvgIpc) is 3.09. The summed E-state index contributed by atoms with van der Waals surface area (Å²) in [5.41, 5.74) is 1.56. The predicted molar refractivity (Wildman–Crippen MR) is 100 cm³/mol. The minimum Gasteiger partial charge on any atom is -0.267 e. The number of amides is 4. The Labute approximate surface area is 159 Å². The van der Waals surface area contributed by atoms with Crippen LogP contribution in [0.5, 0.6) is 0 Å². The van der Waals surface area contributed by atoms with Crippen molar-refractivity contribution in [2.24, 2.45) is 10.2 Å². The Morgan fingerprint density at radius 2 is 0.821 bits per heavy atom. The first-order valence-corrected chi connectivity index (χ1v) is 8.46. The molecule has 2 aliphatic rings. The van der Waals surface area contributed by atoms with E-state index >= 15 is 0 Å². The summed E-state index contributed by atoms with van der Waals surface area (Å²) in [6, 6.07) is 12.9. The van der Waals surface area contributed by atoms with Crippen molar-refractivity contribution < 1.29 is 19.2 Å². The Morgan fingerprint density at radius 3 is 1.07 bits per heavy atom. The van der Waals surface area contributed by atoms with Gasteiger partial charge in [-0.25, -0.2) is 0 Å². The number of benzene rings is 2. The molecule has 4 rings (SSSR count). The fourth-order valence-corrected chi connectivity index (χ4v) is 2.98. The highest BCUT2D eigenvalue weighted by Crippen LogP contribution is 2.24. The minimum absolute atomic E-state index is 0.228. The van der Waals surface area contributed by atoms with Crippen LogP contribution >= 0.6 is 0 Å². The molecule has 0 atom stereocenters. The molecule has 0 aliphatic carbocycles. The van der Waals surface area contributed by atoms with Crippen LogP contribution in [0.15, 0.2) is 58.7 Å². The Bertz CT molecular complexity index is 973. The molecule has 0 bridgehead atoms. The van der Waals surface area contributed by atoms with Crippen molar-refractivity contribution in [1.29, 1.82) is 0 Å². The summed E-state index contributed by atoms with van der Waals surface area (Å²) in [5.74, 6) is -2.14. The number of hydrogen-bond acceptors (Lipinski definition) is 6. The van der Waals surface area contributed by atoms with Crippen LogP contribution in [-0.4, -0.2) is 45.1 Å². The summed E-state index contributed by atoms with van der Waals surface area (Å²) in [4.78, 5) is 49.6. The molecule has 28 heavy (non-hydrogen) atoms. The van der Waals surface area contributed by atoms with Crippen LogP contribution in [0, 0.1) is 0 Å². The first-order chi connectivity index (χ1) is 13.4. The molecule has 0 spiro atoms. The van der Waals surface area contributed by atoms with E-state index in [0.29, 0.717) is 0 Å². The number of carbonyl (C=O) groups is 4. The zero-order chi connectivity index (χ0) is 20.0. The maximum atomic E-state index is 12.4. The molecule has 2 aromatic rings. The van der Waals surface area contributed by atoms with E-state index in [1.807, 2.05) is 0 Å². The molecule has 2 aliphatic heterocycles. The number of rotatable bonds is 3. The third kappa shape index (κ3) is 2.54. The molecule has 0 N–H and O–H groups in total. The second-order valence-electron chi connectivity index (χ2n) is 6.31. The van der Waals surface area contributed by atoms with Gasteiger partial charge >= 0.3 is 0 Å². The van der Waals surface area contributed by atoms with Crippen molar-refractivity contribution in [3.8, 4) is 0 Å². The number of nitrogens with zero attached hydrogens (tertiary/aromatic N) is 4. The van der Waals surface area contributed by atoms with Crippen LogP contribution in [0.4, 0.5) is 0 Å². The molecule has 2 heterocycles. The maximum absolute atomic E-state index is 12.4. The fourth-order valence-electron chi connectivity index (χ4n) is 2.98. The molecule has 0 unspecified atom stereocenters. The highest BCUT2D eigenvalue weighted by Gasteiger charge is 2.37. The Balaban J connectivity index is 1.62. The van der Waals surface area contributed by atoms with Gasteiger partial charge in [-0.3, -0.25) is 19.2 Å². The van der Waals surface area contributed by atoms with E-state index in [1.54, 1.807) is 62.4 Å². The number of hydrogen-bond donors (Lipinski definition) is 0. The highest BCUT2D eigenvalue weighted by atomic mass is 16.2. The quantitative estimate of drug-likeness (QED) is 0.608. The summed E-state index contributed by atoms with van der Waals surface area (Å²) in [6.45, 7) is 3.08. The van der Waals surface area contributed by atoms with Crippen LogP contribution in [0.3, 0.4) is 0 Å². The van der Waals surface area contributed by atoms with Gasteiger partial charge in [-0.1, -0.05) is 24.3 Å². The lowest BCUT2D eigenvalue weighted by Gasteiger charge is -2.11. The zero-order valence-corrected chi connectivity index (χ0v) is 15.0. The summed E-state index contributed by atoms with van der Waals surface area (Å²) < 4.78 is 0. The normalized spacial score (nSPS) is 16.8. The van der Waals surface area contributed by atoms with E-state index in [-0.39, 0.29) is 33.7 Å². The average molecular weight is 374 g/mol. The molecule has 0 saturated carbocycles. The van der Waals surface area contributed by atoms with Crippen molar-refractivity contribution in [2.75, 3.05) is 0 Å². The van der Waals surface area contributed by atoms with E-state index in [1.165, 1.54) is 0 Å². The molecule has 0 saturated heterocycles. The van der Waals surface area contributed by atoms with Gasteiger partial charge in [-0.15, -0.1) is 0 Å². The summed E-state index contributed by atoms with van der Waals surface area (Å²) >= 11 is 0. The van der Waals surface area contributed by atoms with E-state index in [0.717, 1.165) is 10.0 Å². The molecular formula is C20H14N4O4. The van der Waals surface area contributed by atoms with Gasteiger partial charge in [0.15, 0.2) is 0 Å². The van der Waals surface area contributed by atoms with Gasteiger partial charge in [0.25, 0.3) is 23.6 Å². The Kier molecular flexibility index (Phi) is 3.96. The molecule has 0 fully saturated rings. The third-order valence-corrected chi connectivity index (χ3v) is 4.57. The van der Waals surface area contributed by atoms with E-state index in [2.05, 4.69) is 10.2 Å². The van der Waals surface area contributed by atoms with Crippen molar-refractivity contribution in [3.05, 3.63) is 70.8 Å². The van der Waals surface area contributed by atoms with E-state index in [4.69, 9.17) is 0 Å². The molecule has 8 heteroatoms. The van der Waals surface area contributed by atoms with Gasteiger partial charge in [-0.05, 0) is 38.1 Å². The zero-order valence-electron chi connectivity index (χ0n) is 15.0. The SMILES string of the molecule is CC(=N/N1C(=O)c2ccccc2C1=O)/C(C)=N\N1C(=O)c2ccccc2C1=O. The predicted octanol–water partition coefficient (Wildman–Crippen LogP) is 2.33. The van der Waals surface area contributed by atoms with Gasteiger partial charge in [0.1, 0.15) is 0 Å². The molecule has 8 nitrogen and oxygen atoms in total. The van der Waals surface area contributed by atoms with Gasteiger partial charge in [0.05, 0.1) is 33.7 Å². The largest absolute Gasteiger partial charge is 0.282 e. The molecular weight excluding hydrogens is 360 g/mol. The monoisotopic (exact) mass is 374 g/mol. The van der Waals surface area contributed by atoms with E-state index in [9.17, 15) is 19.2 Å². The lowest BCUT2D eigenvalue weighted by Crippen LogP contribution is -2.29. The highest BCUT2D eigenvalue weighted by molar-refractivity contribution is 6.41. The van der Waals surface area contributed by atoms with Crippen molar-refractivity contribution in [1.82, 2.24) is 10.0 Å². The lowest BCUT2D eigenvalue weighted by molar-refractivity contribution is 0.0641. The number of fused-ring (bicyclic) bond motifs is 2. The minimum atomic E-state index is -0.534. The van der Waals surface area contributed by atoms with Gasteiger partial charge in [0, 0.05) is 0 Å². The fraction of sp³-hybridized carbons (Fsp3) is 0.100. The first-order valence-electron chi connectivity index (χ1n) is 8.46. The second-order valence-corrected chi connectivity index (χ2v) is 6.31. The van der Waals surface area contributed by atoms with Crippen LogP contribution < -0.4 is 0 Å². The van der Waals surface area contributed by atoms with Gasteiger partial charge in [-0.2, -0.15) is 20.2 Å². The molecule has 2 aromatic carbocycles. The van der Waals surface area contributed by atoms with Gasteiger partial charge in [0.2, 0.25) is 0 Å². The Hall–Kier alpha value is -3.94. The van der Waals surface area contributed by atoms with E-state index < -0.39 is 23.6 Å². The maximum Gasteiger partial charge on any atom is 0.282 e. The summed E-state index contributed by atoms with van der Waals surface area (Å²) in [6.07, 6.45) is 0. The topological polar surface area (TPSA) is 99.5 Å². The number of hydrazone groups is 2. The van der Waals surface area contributed by atoms with Crippen LogP contribution in [0.2, 0.25) is 0 Å². The summed E-state index contributed by atoms with van der Waals surface area (Å²) in [5, 5.41) is 9.66. The Morgan fingerprint density at radius 1 is 0.571 bits per heavy atom. The standard InChI is InChI=1S/C20H14N4O4/c1-11(21-23-17(25)13-7-3-4-8-14(13)18(23)26)12(2)22-24-19(27)15-9-5-6-10-16(15)20(24)28/h3-10H,1-2H3/b21-11-,22-12-. The molecule has 0 radical (unpaired) electrons. The number of carbonyl (C=O) groups excluding carboxylic acids is 4. The van der Waals surface area contributed by atoms with Crippen molar-refractivity contribution in [3.63, 3.8) is 0 Å². The van der Waals surface area contributed by atoms with Crippen LogP contribution in [0.1, 0.15) is 55.3 Å². The number of imide groups is 2. The second kappa shape index (κ2) is 6.34. The van der Waals surface area contributed by atoms with Crippen molar-refractivity contribution >= 4 is 35.1 Å². The third-order valence-electron chi connectivity index (χ3n) is 4.57. The molecule has 0 aromatic heterocycles. The van der Waals surface area contributed by atoms with Crippen LogP contribution in [-0.2, 0) is 0 Å². The molecule has 4 amide bonds. The summed E-state index contributed by atoms with van der Waals surface area (Å²) in [7, 11) is 0. The smallest absolute Gasteiger partial charge is 0.267 e. The first kappa shape index (κ1) is 17.5. The lowest BCUT2D eigenvalue weighted by atomic mass is 10.1. The van der Waals surface area contributed by atoms with Gasteiger partial charge < -0.3 is 0 Å².